The molecule has 0 spiro atoms. The number of halogens is 1. The first-order valence-electron chi connectivity index (χ1n) is 10.2. The molecule has 0 radical (unpaired) electrons. The maximum absolute atomic E-state index is 12.8. The second-order valence-corrected chi connectivity index (χ2v) is 8.62. The zero-order valence-electron chi connectivity index (χ0n) is 19.3. The largest absolute Gasteiger partial charge is 0.444 e. The van der Waals surface area contributed by atoms with Crippen molar-refractivity contribution in [3.63, 3.8) is 0 Å². The molecule has 1 saturated heterocycles. The molecule has 172 valence electrons. The van der Waals surface area contributed by atoms with E-state index in [1.54, 1.807) is 19.1 Å². The summed E-state index contributed by atoms with van der Waals surface area (Å²) >= 11 is 0. The molecule has 1 rings (SSSR count). The van der Waals surface area contributed by atoms with E-state index >= 15 is 0 Å². The van der Waals surface area contributed by atoms with Crippen LogP contribution in [0.3, 0.4) is 0 Å². The Bertz CT molecular complexity index is 523. The first-order valence-corrected chi connectivity index (χ1v) is 10.2. The zero-order chi connectivity index (χ0) is 21.4. The molecule has 1 aliphatic heterocycles. The molecule has 29 heavy (non-hydrogen) atoms. The van der Waals surface area contributed by atoms with Crippen molar-refractivity contribution in [2.45, 2.75) is 84.3 Å². The van der Waals surface area contributed by atoms with Crippen molar-refractivity contribution in [3.8, 4) is 0 Å². The van der Waals surface area contributed by atoms with Crippen molar-refractivity contribution in [2.75, 3.05) is 33.9 Å². The highest BCUT2D eigenvalue weighted by molar-refractivity contribution is 14.0. The summed E-state index contributed by atoms with van der Waals surface area (Å²) in [6.45, 7) is 13.5. The predicted molar refractivity (Wildman–Crippen MR) is 127 cm³/mol. The molecular formula is C20H41IN4O4. The van der Waals surface area contributed by atoms with E-state index in [2.05, 4.69) is 15.6 Å². The van der Waals surface area contributed by atoms with E-state index in [1.165, 1.54) is 0 Å². The average molecular weight is 528 g/mol. The Morgan fingerprint density at radius 2 is 1.86 bits per heavy atom. The minimum Gasteiger partial charge on any atom is -0.444 e. The summed E-state index contributed by atoms with van der Waals surface area (Å²) in [4.78, 5) is 18.7. The van der Waals surface area contributed by atoms with Crippen LogP contribution in [0.5, 0.6) is 0 Å². The molecule has 0 saturated carbocycles. The summed E-state index contributed by atoms with van der Waals surface area (Å²) in [5.41, 5.74) is -1.29. The Kier molecular flexibility index (Phi) is 12.4. The van der Waals surface area contributed by atoms with Crippen molar-refractivity contribution in [1.82, 2.24) is 15.5 Å². The summed E-state index contributed by atoms with van der Waals surface area (Å²) in [7, 11) is 3.46. The second kappa shape index (κ2) is 12.8. The second-order valence-electron chi connectivity index (χ2n) is 8.62. The van der Waals surface area contributed by atoms with Crippen LogP contribution in [0.25, 0.3) is 0 Å². The van der Waals surface area contributed by atoms with E-state index in [1.807, 2.05) is 41.5 Å². The lowest BCUT2D eigenvalue weighted by Gasteiger charge is -2.35. The Hall–Kier alpha value is -0.810. The van der Waals surface area contributed by atoms with Crippen LogP contribution in [0.4, 0.5) is 4.79 Å². The molecule has 1 heterocycles. The molecule has 0 aromatic carbocycles. The highest BCUT2D eigenvalue weighted by atomic mass is 127. The average Bonchev–Trinajstić information content (AvgIpc) is 2.80. The number of amides is 1. The molecule has 0 aliphatic carbocycles. The number of methoxy groups -OCH3 is 1. The van der Waals surface area contributed by atoms with Gasteiger partial charge in [0.25, 0.3) is 0 Å². The Labute approximate surface area is 193 Å². The van der Waals surface area contributed by atoms with E-state index in [4.69, 9.17) is 14.2 Å². The van der Waals surface area contributed by atoms with Gasteiger partial charge in [-0.05, 0) is 60.8 Å². The molecule has 1 aliphatic rings. The number of aliphatic imine (C=N–C) groups is 1. The van der Waals surface area contributed by atoms with E-state index < -0.39 is 11.3 Å². The van der Waals surface area contributed by atoms with Gasteiger partial charge >= 0.3 is 6.09 Å². The smallest absolute Gasteiger partial charge is 0.412 e. The van der Waals surface area contributed by atoms with E-state index in [-0.39, 0.29) is 42.2 Å². The van der Waals surface area contributed by atoms with Gasteiger partial charge in [-0.3, -0.25) is 9.89 Å². The molecule has 1 fully saturated rings. The zero-order valence-corrected chi connectivity index (χ0v) is 21.7. The Morgan fingerprint density at radius 3 is 2.41 bits per heavy atom. The molecule has 9 heteroatoms. The van der Waals surface area contributed by atoms with Gasteiger partial charge in [-0.1, -0.05) is 0 Å². The summed E-state index contributed by atoms with van der Waals surface area (Å²) < 4.78 is 16.7. The van der Waals surface area contributed by atoms with Crippen LogP contribution in [0.2, 0.25) is 0 Å². The van der Waals surface area contributed by atoms with Gasteiger partial charge in [0, 0.05) is 33.9 Å². The molecule has 0 bridgehead atoms. The van der Waals surface area contributed by atoms with E-state index in [0.29, 0.717) is 12.5 Å². The normalized spacial score (nSPS) is 21.5. The first kappa shape index (κ1) is 28.2. The summed E-state index contributed by atoms with van der Waals surface area (Å²) in [6, 6.07) is -0.162. The van der Waals surface area contributed by atoms with Gasteiger partial charge in [0.05, 0.1) is 12.1 Å². The van der Waals surface area contributed by atoms with Gasteiger partial charge in [0.1, 0.15) is 11.3 Å². The van der Waals surface area contributed by atoms with E-state index in [9.17, 15) is 4.79 Å². The van der Waals surface area contributed by atoms with Crippen molar-refractivity contribution in [1.29, 1.82) is 0 Å². The molecule has 8 nitrogen and oxygen atoms in total. The lowest BCUT2D eigenvalue weighted by atomic mass is 10.1. The van der Waals surface area contributed by atoms with Crippen LogP contribution in [-0.2, 0) is 14.2 Å². The minimum atomic E-state index is -0.730. The Morgan fingerprint density at radius 1 is 1.21 bits per heavy atom. The van der Waals surface area contributed by atoms with Gasteiger partial charge in [-0.25, -0.2) is 4.79 Å². The van der Waals surface area contributed by atoms with Gasteiger partial charge < -0.3 is 24.8 Å². The van der Waals surface area contributed by atoms with Crippen LogP contribution >= 0.6 is 24.0 Å². The number of nitrogens with one attached hydrogen (secondary N) is 2. The standard InChI is InChI=1S/C20H40N4O4.HI/c1-15-16(14-23-17(21-7)22-12-10-9-11-13-26-8)24(20(5,6)27-15)18(25)28-19(2,3)4;/h15-16H,9-14H2,1-8H3,(H2,21,22,23);1H. The first-order chi connectivity index (χ1) is 13.0. The molecular weight excluding hydrogens is 487 g/mol. The highest BCUT2D eigenvalue weighted by Crippen LogP contribution is 2.33. The molecule has 0 aromatic heterocycles. The molecule has 2 unspecified atom stereocenters. The summed E-state index contributed by atoms with van der Waals surface area (Å²) in [5, 5.41) is 6.62. The van der Waals surface area contributed by atoms with E-state index in [0.717, 1.165) is 32.4 Å². The molecule has 0 aromatic rings. The SMILES string of the molecule is CN=C(NCCCCCOC)NCC1C(C)OC(C)(C)N1C(=O)OC(C)(C)C.I. The maximum Gasteiger partial charge on any atom is 0.412 e. The number of carbonyl (C=O) groups is 1. The number of unbranched alkanes of at least 4 members (excludes halogenated alkanes) is 2. The van der Waals surface area contributed by atoms with Crippen molar-refractivity contribution in [2.24, 2.45) is 4.99 Å². The van der Waals surface area contributed by atoms with Crippen LogP contribution < -0.4 is 10.6 Å². The lowest BCUT2D eigenvalue weighted by molar-refractivity contribution is -0.0755. The van der Waals surface area contributed by atoms with Crippen molar-refractivity contribution >= 4 is 36.0 Å². The summed E-state index contributed by atoms with van der Waals surface area (Å²) in [6.07, 6.45) is 2.72. The predicted octanol–water partition coefficient (Wildman–Crippen LogP) is 3.35. The number of ether oxygens (including phenoxy) is 3. The van der Waals surface area contributed by atoms with Crippen LogP contribution in [-0.4, -0.2) is 74.3 Å². The van der Waals surface area contributed by atoms with Gasteiger partial charge in [0.15, 0.2) is 5.96 Å². The molecule has 1 amide bonds. The third-order valence-corrected chi connectivity index (χ3v) is 4.54. The molecule has 2 atom stereocenters. The fourth-order valence-electron chi connectivity index (χ4n) is 3.30. The fraction of sp³-hybridized carbons (Fsp3) is 0.900. The molecule has 2 N–H and O–H groups in total. The van der Waals surface area contributed by atoms with Gasteiger partial charge in [-0.2, -0.15) is 0 Å². The maximum atomic E-state index is 12.8. The number of guanidine groups is 1. The highest BCUT2D eigenvalue weighted by Gasteiger charge is 2.49. The van der Waals surface area contributed by atoms with Gasteiger partial charge in [-0.15, -0.1) is 24.0 Å². The lowest BCUT2D eigenvalue weighted by Crippen LogP contribution is -2.54. The third kappa shape index (κ3) is 9.69. The van der Waals surface area contributed by atoms with Crippen LogP contribution in [0, 0.1) is 0 Å². The van der Waals surface area contributed by atoms with Crippen molar-refractivity contribution in [3.05, 3.63) is 0 Å². The third-order valence-electron chi connectivity index (χ3n) is 4.54. The Balaban J connectivity index is 0.00000784. The minimum absolute atomic E-state index is 0. The van der Waals surface area contributed by atoms with Crippen molar-refractivity contribution < 1.29 is 19.0 Å². The topological polar surface area (TPSA) is 84.4 Å². The number of hydrogen-bond donors (Lipinski definition) is 2. The van der Waals surface area contributed by atoms with Crippen LogP contribution in [0.1, 0.15) is 60.8 Å². The van der Waals surface area contributed by atoms with Gasteiger partial charge in [0.2, 0.25) is 0 Å². The number of rotatable bonds is 8. The monoisotopic (exact) mass is 528 g/mol. The number of carbonyl (C=O) groups excluding carboxylic acids is 1. The fourth-order valence-corrected chi connectivity index (χ4v) is 3.30. The quantitative estimate of drug-likeness (QED) is 0.218. The number of hydrogen-bond acceptors (Lipinski definition) is 5. The van der Waals surface area contributed by atoms with Crippen LogP contribution in [0.15, 0.2) is 4.99 Å². The number of nitrogens with zero attached hydrogens (tertiary/aromatic N) is 2. The summed E-state index contributed by atoms with van der Waals surface area (Å²) in [5.74, 6) is 0.716.